The normalized spacial score (nSPS) is 45.8. The van der Waals surface area contributed by atoms with Gasteiger partial charge in [-0.1, -0.05) is 39.2 Å². The highest BCUT2D eigenvalue weighted by Crippen LogP contribution is 2.69. The molecule has 0 radical (unpaired) electrons. The quantitative estimate of drug-likeness (QED) is 0.756. The van der Waals surface area contributed by atoms with E-state index in [2.05, 4.69) is 39.2 Å². The summed E-state index contributed by atoms with van der Waals surface area (Å²) in [5.74, 6) is 1.09. The molecule has 0 aromatic carbocycles. The second-order valence-electron chi connectivity index (χ2n) is 9.53. The summed E-state index contributed by atoms with van der Waals surface area (Å²) in [4.78, 5) is 22.9. The minimum atomic E-state index is -1.06. The largest absolute Gasteiger partial charge is 0.385 e. The van der Waals surface area contributed by atoms with Gasteiger partial charge < -0.3 is 9.90 Å². The van der Waals surface area contributed by atoms with Gasteiger partial charge in [-0.2, -0.15) is 0 Å². The molecule has 4 rings (SSSR count). The number of rotatable bonds is 3. The van der Waals surface area contributed by atoms with Crippen molar-refractivity contribution in [1.82, 2.24) is 0 Å². The summed E-state index contributed by atoms with van der Waals surface area (Å²) >= 11 is 0. The van der Waals surface area contributed by atoms with Gasteiger partial charge in [-0.25, -0.2) is 0 Å². The number of aliphatic hydroxyl groups is 1. The predicted octanol–water partition coefficient (Wildman–Crippen LogP) is 4.34. The number of fused-ring (bicyclic) bond motifs is 5. The van der Waals surface area contributed by atoms with Crippen molar-refractivity contribution in [2.24, 2.45) is 28.6 Å². The van der Waals surface area contributed by atoms with Crippen molar-refractivity contribution < 1.29 is 14.7 Å². The number of aldehydes is 1. The Morgan fingerprint density at radius 1 is 1.30 bits per heavy atom. The minimum Gasteiger partial charge on any atom is -0.385 e. The van der Waals surface area contributed by atoms with Gasteiger partial charge in [-0.05, 0) is 71.6 Å². The van der Waals surface area contributed by atoms with Gasteiger partial charge >= 0.3 is 0 Å². The Morgan fingerprint density at radius 3 is 2.74 bits per heavy atom. The number of hydrogen-bond acceptors (Lipinski definition) is 3. The van der Waals surface area contributed by atoms with E-state index in [9.17, 15) is 14.7 Å². The standard InChI is InChI=1S/C24H30O3/c1-15-16(2)24(27,10-5-13-25)23(4)12-9-20-19(21(15)23)7-6-17-14-18(26)8-11-22(17,20)3/h6-7,13-14,19-21,27H,1-2,5,8-12H2,3-4H3/t19-,20+,21+,22+,23+,24-/m1/s1. The van der Waals surface area contributed by atoms with Crippen LogP contribution in [0, 0.1) is 28.6 Å². The van der Waals surface area contributed by atoms with Gasteiger partial charge in [0.25, 0.3) is 0 Å². The molecule has 0 aliphatic heterocycles. The second-order valence-corrected chi connectivity index (χ2v) is 9.53. The van der Waals surface area contributed by atoms with Crippen LogP contribution in [0.1, 0.15) is 52.4 Å². The third kappa shape index (κ3) is 2.24. The van der Waals surface area contributed by atoms with Gasteiger partial charge in [0.2, 0.25) is 0 Å². The molecule has 0 aromatic rings. The molecule has 4 aliphatic carbocycles. The molecule has 0 heterocycles. The third-order valence-corrected chi connectivity index (χ3v) is 8.52. The Bertz CT molecular complexity index is 802. The monoisotopic (exact) mass is 366 g/mol. The topological polar surface area (TPSA) is 54.4 Å². The van der Waals surface area contributed by atoms with E-state index in [1.807, 2.05) is 6.08 Å². The zero-order valence-corrected chi connectivity index (χ0v) is 16.5. The molecular weight excluding hydrogens is 336 g/mol. The zero-order valence-electron chi connectivity index (χ0n) is 16.5. The summed E-state index contributed by atoms with van der Waals surface area (Å²) in [5.41, 5.74) is 1.44. The fourth-order valence-electron chi connectivity index (χ4n) is 6.82. The van der Waals surface area contributed by atoms with Gasteiger partial charge in [-0.3, -0.25) is 4.79 Å². The zero-order chi connectivity index (χ0) is 19.6. The van der Waals surface area contributed by atoms with Crippen LogP contribution in [0.4, 0.5) is 0 Å². The molecule has 4 aliphatic rings. The fourth-order valence-corrected chi connectivity index (χ4v) is 6.82. The van der Waals surface area contributed by atoms with Gasteiger partial charge in [-0.15, -0.1) is 0 Å². The highest BCUT2D eigenvalue weighted by Gasteiger charge is 2.65. The molecule has 1 N–H and O–H groups in total. The van der Waals surface area contributed by atoms with E-state index in [0.717, 1.165) is 36.7 Å². The average molecular weight is 367 g/mol. The second kappa shape index (κ2) is 5.88. The Morgan fingerprint density at radius 2 is 2.04 bits per heavy atom. The van der Waals surface area contributed by atoms with Crippen molar-refractivity contribution in [3.63, 3.8) is 0 Å². The summed E-state index contributed by atoms with van der Waals surface area (Å²) < 4.78 is 0. The van der Waals surface area contributed by atoms with Crippen LogP contribution in [0.25, 0.3) is 0 Å². The van der Waals surface area contributed by atoms with E-state index in [0.29, 0.717) is 25.2 Å². The van der Waals surface area contributed by atoms with Crippen LogP contribution in [0.2, 0.25) is 0 Å². The van der Waals surface area contributed by atoms with Crippen molar-refractivity contribution in [3.05, 3.63) is 48.1 Å². The van der Waals surface area contributed by atoms with Crippen LogP contribution < -0.4 is 0 Å². The lowest BCUT2D eigenvalue weighted by Gasteiger charge is -2.57. The molecule has 144 valence electrons. The molecule has 2 saturated carbocycles. The van der Waals surface area contributed by atoms with Crippen LogP contribution in [-0.4, -0.2) is 22.8 Å². The summed E-state index contributed by atoms with van der Waals surface area (Å²) in [6.45, 7) is 13.0. The van der Waals surface area contributed by atoms with Crippen molar-refractivity contribution >= 4 is 12.1 Å². The molecular formula is C24H30O3. The average Bonchev–Trinajstić information content (AvgIpc) is 2.79. The van der Waals surface area contributed by atoms with Crippen molar-refractivity contribution in [2.45, 2.75) is 58.0 Å². The molecule has 0 bridgehead atoms. The molecule has 6 atom stereocenters. The van der Waals surface area contributed by atoms with Gasteiger partial charge in [0, 0.05) is 18.3 Å². The highest BCUT2D eigenvalue weighted by molar-refractivity contribution is 5.92. The first-order valence-corrected chi connectivity index (χ1v) is 10.2. The maximum absolute atomic E-state index is 11.9. The van der Waals surface area contributed by atoms with E-state index in [4.69, 9.17) is 0 Å². The SMILES string of the molecule is C=C1C(=C)[C@](O)(CCC=O)[C@@]2(C)CC[C@H]3[C@@H](C=CC4=CC(=O)CC[C@@]43C)[C@H]12. The Labute approximate surface area is 161 Å². The molecule has 3 heteroatoms. The maximum atomic E-state index is 11.9. The Balaban J connectivity index is 1.78. The van der Waals surface area contributed by atoms with E-state index >= 15 is 0 Å². The Kier molecular flexibility index (Phi) is 4.05. The lowest BCUT2D eigenvalue weighted by atomic mass is 9.47. The lowest BCUT2D eigenvalue weighted by molar-refractivity contribution is -0.119. The van der Waals surface area contributed by atoms with Crippen molar-refractivity contribution in [3.8, 4) is 0 Å². The minimum absolute atomic E-state index is 0.0137. The summed E-state index contributed by atoms with van der Waals surface area (Å²) in [6.07, 6.45) is 11.3. The third-order valence-electron chi connectivity index (χ3n) is 8.52. The number of carbonyl (C=O) groups is 2. The first kappa shape index (κ1) is 18.6. The highest BCUT2D eigenvalue weighted by atomic mass is 16.3. The number of ketones is 1. The van der Waals surface area contributed by atoms with Crippen molar-refractivity contribution in [1.29, 1.82) is 0 Å². The van der Waals surface area contributed by atoms with Crippen LogP contribution >= 0.6 is 0 Å². The molecule has 0 aromatic heterocycles. The molecule has 2 fully saturated rings. The summed E-state index contributed by atoms with van der Waals surface area (Å²) in [7, 11) is 0. The molecule has 27 heavy (non-hydrogen) atoms. The lowest BCUT2D eigenvalue weighted by Crippen LogP contribution is -2.54. The smallest absolute Gasteiger partial charge is 0.156 e. The number of allylic oxidation sites excluding steroid dienone is 4. The van der Waals surface area contributed by atoms with Gasteiger partial charge in [0.05, 0.1) is 5.60 Å². The first-order chi connectivity index (χ1) is 12.7. The molecule has 0 saturated heterocycles. The fraction of sp³-hybridized carbons (Fsp3) is 0.583. The van der Waals surface area contributed by atoms with Crippen LogP contribution in [0.5, 0.6) is 0 Å². The van der Waals surface area contributed by atoms with E-state index in [1.54, 1.807) is 0 Å². The van der Waals surface area contributed by atoms with Crippen LogP contribution in [0.3, 0.4) is 0 Å². The molecule has 0 amide bonds. The van der Waals surface area contributed by atoms with Crippen LogP contribution in [0.15, 0.2) is 48.1 Å². The Hall–Kier alpha value is -1.74. The van der Waals surface area contributed by atoms with Crippen LogP contribution in [-0.2, 0) is 9.59 Å². The molecule has 3 nitrogen and oxygen atoms in total. The van der Waals surface area contributed by atoms with E-state index in [1.165, 1.54) is 5.57 Å². The van der Waals surface area contributed by atoms with Crippen molar-refractivity contribution in [2.75, 3.05) is 0 Å². The van der Waals surface area contributed by atoms with Gasteiger partial charge in [0.1, 0.15) is 6.29 Å². The summed E-state index contributed by atoms with van der Waals surface area (Å²) in [5, 5.41) is 11.6. The predicted molar refractivity (Wildman–Crippen MR) is 106 cm³/mol. The van der Waals surface area contributed by atoms with E-state index < -0.39 is 5.60 Å². The number of carbonyl (C=O) groups excluding carboxylic acids is 2. The van der Waals surface area contributed by atoms with Gasteiger partial charge in [0.15, 0.2) is 5.78 Å². The maximum Gasteiger partial charge on any atom is 0.156 e. The number of hydrogen-bond donors (Lipinski definition) is 1. The molecule has 0 unspecified atom stereocenters. The van der Waals surface area contributed by atoms with E-state index in [-0.39, 0.29) is 28.4 Å². The first-order valence-electron chi connectivity index (χ1n) is 10.2. The molecule has 0 spiro atoms. The summed E-state index contributed by atoms with van der Waals surface area (Å²) in [6, 6.07) is 0.